The Morgan fingerprint density at radius 1 is 1.11 bits per heavy atom. The Morgan fingerprint density at radius 2 is 1.79 bits per heavy atom. The molecule has 0 atom stereocenters. The molecule has 0 saturated carbocycles. The molecule has 0 radical (unpaired) electrons. The zero-order valence-corrected chi connectivity index (χ0v) is 12.5. The van der Waals surface area contributed by atoms with Crippen LogP contribution in [0.3, 0.4) is 0 Å². The van der Waals surface area contributed by atoms with Gasteiger partial charge in [-0.1, -0.05) is 34.1 Å². The summed E-state index contributed by atoms with van der Waals surface area (Å²) in [5.41, 5.74) is 0.462. The fraction of sp³-hybridized carbons (Fsp3) is 0.133. The van der Waals surface area contributed by atoms with Gasteiger partial charge < -0.3 is 0 Å². The Morgan fingerprint density at radius 3 is 2.47 bits per heavy atom. The van der Waals surface area contributed by atoms with Crippen LogP contribution in [-0.2, 0) is 11.2 Å². The molecule has 0 amide bonds. The number of halogens is 2. The molecule has 19 heavy (non-hydrogen) atoms. The van der Waals surface area contributed by atoms with E-state index >= 15 is 0 Å². The van der Waals surface area contributed by atoms with Crippen molar-refractivity contribution in [1.82, 2.24) is 0 Å². The van der Waals surface area contributed by atoms with Crippen molar-refractivity contribution in [2.75, 3.05) is 5.75 Å². The number of Topliss-reactive ketones (excluding diaryl/α,β-unsaturated/α-hetero) is 1. The maximum absolute atomic E-state index is 13.4. The van der Waals surface area contributed by atoms with Crippen molar-refractivity contribution < 1.29 is 9.18 Å². The average Bonchev–Trinajstić information content (AvgIpc) is 2.41. The second kappa shape index (κ2) is 6.87. The van der Waals surface area contributed by atoms with Crippen molar-refractivity contribution in [2.24, 2.45) is 0 Å². The number of ketones is 1. The van der Waals surface area contributed by atoms with E-state index in [-0.39, 0.29) is 18.0 Å². The van der Waals surface area contributed by atoms with Gasteiger partial charge in [0.15, 0.2) is 0 Å². The lowest BCUT2D eigenvalue weighted by Gasteiger charge is -2.03. The van der Waals surface area contributed by atoms with E-state index in [9.17, 15) is 9.18 Å². The molecule has 98 valence electrons. The van der Waals surface area contributed by atoms with Crippen LogP contribution in [0.25, 0.3) is 0 Å². The van der Waals surface area contributed by atoms with E-state index in [4.69, 9.17) is 0 Å². The summed E-state index contributed by atoms with van der Waals surface area (Å²) in [6.07, 6.45) is 0.149. The molecule has 0 fully saturated rings. The minimum Gasteiger partial charge on any atom is -0.298 e. The Labute approximate surface area is 124 Å². The standard InChI is InChI=1S/C15H12BrFOS/c16-12-5-7-14(8-6-12)19-10-13(18)9-11-3-1-2-4-15(11)17/h1-8H,9-10H2. The van der Waals surface area contributed by atoms with Crippen molar-refractivity contribution in [3.63, 3.8) is 0 Å². The molecule has 0 aromatic heterocycles. The molecular formula is C15H12BrFOS. The molecule has 2 aromatic rings. The summed E-state index contributed by atoms with van der Waals surface area (Å²) >= 11 is 4.83. The molecule has 4 heteroatoms. The van der Waals surface area contributed by atoms with Crippen LogP contribution in [0.4, 0.5) is 4.39 Å². The number of rotatable bonds is 5. The lowest BCUT2D eigenvalue weighted by atomic mass is 10.1. The zero-order valence-electron chi connectivity index (χ0n) is 10.1. The second-order valence-corrected chi connectivity index (χ2v) is 6.01. The smallest absolute Gasteiger partial charge is 0.147 e. The first-order chi connectivity index (χ1) is 9.15. The number of benzene rings is 2. The van der Waals surface area contributed by atoms with E-state index in [1.165, 1.54) is 17.8 Å². The highest BCUT2D eigenvalue weighted by Gasteiger charge is 2.08. The lowest BCUT2D eigenvalue weighted by molar-refractivity contribution is -0.116. The normalized spacial score (nSPS) is 10.4. The van der Waals surface area contributed by atoms with E-state index in [0.717, 1.165) is 9.37 Å². The Balaban J connectivity index is 1.88. The third kappa shape index (κ3) is 4.48. The summed E-state index contributed by atoms with van der Waals surface area (Å²) in [4.78, 5) is 12.8. The van der Waals surface area contributed by atoms with E-state index in [1.54, 1.807) is 18.2 Å². The van der Waals surface area contributed by atoms with Gasteiger partial charge in [-0.2, -0.15) is 0 Å². The van der Waals surface area contributed by atoms with Gasteiger partial charge in [-0.25, -0.2) is 4.39 Å². The predicted octanol–water partition coefficient (Wildman–Crippen LogP) is 4.49. The average molecular weight is 339 g/mol. The Bertz CT molecular complexity index is 569. The van der Waals surface area contributed by atoms with Gasteiger partial charge in [-0.05, 0) is 35.9 Å². The molecule has 0 aliphatic carbocycles. The first kappa shape index (κ1) is 14.3. The largest absolute Gasteiger partial charge is 0.298 e. The first-order valence-corrected chi connectivity index (χ1v) is 7.56. The number of carbonyl (C=O) groups excluding carboxylic acids is 1. The van der Waals surface area contributed by atoms with Crippen LogP contribution < -0.4 is 0 Å². The summed E-state index contributed by atoms with van der Waals surface area (Å²) in [6, 6.07) is 14.2. The highest BCUT2D eigenvalue weighted by molar-refractivity contribution is 9.10. The van der Waals surface area contributed by atoms with Crippen molar-refractivity contribution in [1.29, 1.82) is 0 Å². The van der Waals surface area contributed by atoms with Gasteiger partial charge in [0.05, 0.1) is 5.75 Å². The van der Waals surface area contributed by atoms with Gasteiger partial charge in [0.1, 0.15) is 11.6 Å². The van der Waals surface area contributed by atoms with Gasteiger partial charge >= 0.3 is 0 Å². The van der Waals surface area contributed by atoms with Crippen LogP contribution in [0.2, 0.25) is 0 Å². The van der Waals surface area contributed by atoms with Crippen LogP contribution in [0.15, 0.2) is 57.9 Å². The molecule has 0 saturated heterocycles. The molecule has 0 bridgehead atoms. The molecule has 2 aromatic carbocycles. The second-order valence-electron chi connectivity index (χ2n) is 4.05. The molecule has 0 unspecified atom stereocenters. The van der Waals surface area contributed by atoms with Gasteiger partial charge in [0, 0.05) is 15.8 Å². The summed E-state index contributed by atoms with van der Waals surface area (Å²) in [5.74, 6) is 0.0678. The van der Waals surface area contributed by atoms with Crippen LogP contribution in [0, 0.1) is 5.82 Å². The van der Waals surface area contributed by atoms with Crippen LogP contribution in [0.5, 0.6) is 0 Å². The van der Waals surface area contributed by atoms with E-state index in [0.29, 0.717) is 11.3 Å². The zero-order chi connectivity index (χ0) is 13.7. The molecule has 0 heterocycles. The predicted molar refractivity (Wildman–Crippen MR) is 80.0 cm³/mol. The maximum Gasteiger partial charge on any atom is 0.147 e. The van der Waals surface area contributed by atoms with Crippen molar-refractivity contribution >= 4 is 33.5 Å². The topological polar surface area (TPSA) is 17.1 Å². The van der Waals surface area contributed by atoms with Gasteiger partial charge in [0.25, 0.3) is 0 Å². The fourth-order valence-electron chi connectivity index (χ4n) is 1.60. The molecule has 2 rings (SSSR count). The van der Waals surface area contributed by atoms with Crippen molar-refractivity contribution in [3.8, 4) is 0 Å². The van der Waals surface area contributed by atoms with Gasteiger partial charge in [-0.15, -0.1) is 11.8 Å². The minimum absolute atomic E-state index is 0.0259. The van der Waals surface area contributed by atoms with Crippen molar-refractivity contribution in [3.05, 3.63) is 64.4 Å². The molecular weight excluding hydrogens is 327 g/mol. The SMILES string of the molecule is O=C(CSc1ccc(Br)cc1)Cc1ccccc1F. The van der Waals surface area contributed by atoms with Crippen LogP contribution >= 0.6 is 27.7 Å². The highest BCUT2D eigenvalue weighted by atomic mass is 79.9. The maximum atomic E-state index is 13.4. The van der Waals surface area contributed by atoms with Gasteiger partial charge in [0.2, 0.25) is 0 Å². The molecule has 0 spiro atoms. The summed E-state index contributed by atoms with van der Waals surface area (Å²) in [7, 11) is 0. The van der Waals surface area contributed by atoms with Gasteiger partial charge in [-0.3, -0.25) is 4.79 Å². The lowest BCUT2D eigenvalue weighted by Crippen LogP contribution is -2.07. The molecule has 0 aliphatic rings. The number of hydrogen-bond donors (Lipinski definition) is 0. The Kier molecular flexibility index (Phi) is 5.16. The van der Waals surface area contributed by atoms with Crippen molar-refractivity contribution in [2.45, 2.75) is 11.3 Å². The van der Waals surface area contributed by atoms with E-state index in [1.807, 2.05) is 24.3 Å². The highest BCUT2D eigenvalue weighted by Crippen LogP contribution is 2.21. The molecule has 0 N–H and O–H groups in total. The van der Waals surface area contributed by atoms with Crippen LogP contribution in [-0.4, -0.2) is 11.5 Å². The summed E-state index contributed by atoms with van der Waals surface area (Å²) in [6.45, 7) is 0. The van der Waals surface area contributed by atoms with Crippen LogP contribution in [0.1, 0.15) is 5.56 Å². The third-order valence-corrected chi connectivity index (χ3v) is 4.16. The number of thioether (sulfide) groups is 1. The quantitative estimate of drug-likeness (QED) is 0.747. The van der Waals surface area contributed by atoms with E-state index < -0.39 is 0 Å². The van der Waals surface area contributed by atoms with E-state index in [2.05, 4.69) is 15.9 Å². The third-order valence-electron chi connectivity index (χ3n) is 2.56. The Hall–Kier alpha value is -1.13. The monoisotopic (exact) mass is 338 g/mol. The molecule has 1 nitrogen and oxygen atoms in total. The minimum atomic E-state index is -0.315. The summed E-state index contributed by atoms with van der Waals surface area (Å²) < 4.78 is 14.4. The first-order valence-electron chi connectivity index (χ1n) is 5.78. The molecule has 0 aliphatic heterocycles. The number of hydrogen-bond acceptors (Lipinski definition) is 2. The number of carbonyl (C=O) groups is 1. The summed E-state index contributed by atoms with van der Waals surface area (Å²) in [5, 5.41) is 0. The fourth-order valence-corrected chi connectivity index (χ4v) is 2.62.